The summed E-state index contributed by atoms with van der Waals surface area (Å²) in [5, 5.41) is 3.36. The highest BCUT2D eigenvalue weighted by Crippen LogP contribution is 2.27. The molecule has 1 aromatic carbocycles. The molecule has 3 rings (SSSR count). The summed E-state index contributed by atoms with van der Waals surface area (Å²) in [4.78, 5) is 16.4. The molecule has 2 aliphatic heterocycles. The van der Waals surface area contributed by atoms with E-state index in [0.717, 1.165) is 38.3 Å². The third-order valence-corrected chi connectivity index (χ3v) is 3.88. The van der Waals surface area contributed by atoms with Gasteiger partial charge in [0, 0.05) is 31.9 Å². The van der Waals surface area contributed by atoms with Crippen molar-refractivity contribution < 1.29 is 4.79 Å². The zero-order chi connectivity index (χ0) is 12.5. The summed E-state index contributed by atoms with van der Waals surface area (Å²) in [5.74, 6) is 0. The average molecular weight is 282 g/mol. The van der Waals surface area contributed by atoms with Crippen molar-refractivity contribution in [3.05, 3.63) is 29.8 Å². The normalized spacial score (nSPS) is 22.2. The van der Waals surface area contributed by atoms with Crippen LogP contribution < -0.4 is 10.2 Å². The van der Waals surface area contributed by atoms with E-state index >= 15 is 0 Å². The van der Waals surface area contributed by atoms with Crippen molar-refractivity contribution in [2.75, 3.05) is 31.1 Å². The van der Waals surface area contributed by atoms with Gasteiger partial charge in [0.2, 0.25) is 0 Å². The van der Waals surface area contributed by atoms with Crippen LogP contribution in [-0.4, -0.2) is 43.2 Å². The second kappa shape index (κ2) is 5.80. The lowest BCUT2D eigenvalue weighted by molar-refractivity contribution is 0.193. The minimum Gasteiger partial charge on any atom is -0.317 e. The molecule has 0 aromatic heterocycles. The van der Waals surface area contributed by atoms with Crippen molar-refractivity contribution in [1.82, 2.24) is 10.2 Å². The van der Waals surface area contributed by atoms with Gasteiger partial charge in [-0.1, -0.05) is 25.1 Å². The zero-order valence-electron chi connectivity index (χ0n) is 11.1. The van der Waals surface area contributed by atoms with Crippen LogP contribution in [0.4, 0.5) is 10.5 Å². The molecule has 1 atom stereocenters. The molecule has 0 radical (unpaired) electrons. The first-order chi connectivity index (χ1) is 8.81. The van der Waals surface area contributed by atoms with Gasteiger partial charge in [-0.05, 0) is 18.1 Å². The summed E-state index contributed by atoms with van der Waals surface area (Å²) in [7, 11) is 0. The summed E-state index contributed by atoms with van der Waals surface area (Å²) < 4.78 is 0. The molecule has 5 heteroatoms. The van der Waals surface area contributed by atoms with Crippen molar-refractivity contribution >= 4 is 24.1 Å². The predicted octanol–water partition coefficient (Wildman–Crippen LogP) is 1.88. The Bertz CT molecular complexity index is 466. The van der Waals surface area contributed by atoms with Gasteiger partial charge < -0.3 is 10.2 Å². The highest BCUT2D eigenvalue weighted by molar-refractivity contribution is 5.95. The van der Waals surface area contributed by atoms with Crippen LogP contribution in [0.1, 0.15) is 12.5 Å². The van der Waals surface area contributed by atoms with Crippen molar-refractivity contribution in [2.45, 2.75) is 19.4 Å². The standard InChI is InChI=1S/C14H19N3O.ClH/c1-2-11-5-3-4-6-13(11)17-10-12-9-15-7-8-16(12)14(17)18;/h3-6,12,15H,2,7-10H2,1H3;1H. The van der Waals surface area contributed by atoms with Crippen LogP contribution >= 0.6 is 12.4 Å². The second-order valence-electron chi connectivity index (χ2n) is 4.93. The number of carbonyl (C=O) groups excluding carboxylic acids is 1. The van der Waals surface area contributed by atoms with E-state index in [1.54, 1.807) is 0 Å². The SMILES string of the molecule is CCc1ccccc1N1CC2CNCCN2C1=O.Cl. The molecule has 0 spiro atoms. The topological polar surface area (TPSA) is 35.6 Å². The number of piperazine rings is 1. The number of hydrogen-bond acceptors (Lipinski definition) is 2. The number of aryl methyl sites for hydroxylation is 1. The Morgan fingerprint density at radius 2 is 2.16 bits per heavy atom. The Labute approximate surface area is 120 Å². The molecule has 2 fully saturated rings. The van der Waals surface area contributed by atoms with E-state index in [2.05, 4.69) is 24.4 Å². The monoisotopic (exact) mass is 281 g/mol. The Morgan fingerprint density at radius 3 is 2.89 bits per heavy atom. The lowest BCUT2D eigenvalue weighted by atomic mass is 10.1. The summed E-state index contributed by atoms with van der Waals surface area (Å²) in [6.07, 6.45) is 0.961. The van der Waals surface area contributed by atoms with E-state index in [1.807, 2.05) is 21.9 Å². The van der Waals surface area contributed by atoms with Gasteiger partial charge in [0.1, 0.15) is 0 Å². The molecule has 2 heterocycles. The van der Waals surface area contributed by atoms with Gasteiger partial charge in [-0.3, -0.25) is 4.90 Å². The van der Waals surface area contributed by atoms with Crippen LogP contribution in [0.15, 0.2) is 24.3 Å². The average Bonchev–Trinajstić information content (AvgIpc) is 2.76. The largest absolute Gasteiger partial charge is 0.324 e. The number of rotatable bonds is 2. The maximum Gasteiger partial charge on any atom is 0.324 e. The fourth-order valence-electron chi connectivity index (χ4n) is 2.89. The first kappa shape index (κ1) is 14.2. The van der Waals surface area contributed by atoms with E-state index in [-0.39, 0.29) is 18.4 Å². The Hall–Kier alpha value is -1.26. The number of nitrogens with one attached hydrogen (secondary N) is 1. The molecule has 2 amide bonds. The fraction of sp³-hybridized carbons (Fsp3) is 0.500. The fourth-order valence-corrected chi connectivity index (χ4v) is 2.89. The lowest BCUT2D eigenvalue weighted by Gasteiger charge is -2.28. The van der Waals surface area contributed by atoms with Crippen LogP contribution in [-0.2, 0) is 6.42 Å². The summed E-state index contributed by atoms with van der Waals surface area (Å²) in [6.45, 7) is 5.59. The quantitative estimate of drug-likeness (QED) is 0.898. The molecule has 0 bridgehead atoms. The molecular weight excluding hydrogens is 262 g/mol. The van der Waals surface area contributed by atoms with Crippen LogP contribution in [0.5, 0.6) is 0 Å². The van der Waals surface area contributed by atoms with Crippen molar-refractivity contribution in [3.63, 3.8) is 0 Å². The maximum absolute atomic E-state index is 12.4. The number of para-hydroxylation sites is 1. The molecule has 4 nitrogen and oxygen atoms in total. The third kappa shape index (κ3) is 2.42. The van der Waals surface area contributed by atoms with Crippen LogP contribution in [0, 0.1) is 0 Å². The summed E-state index contributed by atoms with van der Waals surface area (Å²) >= 11 is 0. The molecule has 1 N–H and O–H groups in total. The van der Waals surface area contributed by atoms with Crippen LogP contribution in [0.2, 0.25) is 0 Å². The summed E-state index contributed by atoms with van der Waals surface area (Å²) in [6, 6.07) is 8.72. The number of amides is 2. The van der Waals surface area contributed by atoms with Gasteiger partial charge in [0.15, 0.2) is 0 Å². The van der Waals surface area contributed by atoms with Crippen LogP contribution in [0.25, 0.3) is 0 Å². The lowest BCUT2D eigenvalue weighted by Crippen LogP contribution is -2.49. The molecule has 1 aromatic rings. The van der Waals surface area contributed by atoms with Gasteiger partial charge in [-0.15, -0.1) is 12.4 Å². The molecule has 2 saturated heterocycles. The number of fused-ring (bicyclic) bond motifs is 1. The van der Waals surface area contributed by atoms with E-state index in [1.165, 1.54) is 5.56 Å². The number of halogens is 1. The number of carbonyl (C=O) groups is 1. The first-order valence-electron chi connectivity index (χ1n) is 6.68. The van der Waals surface area contributed by atoms with E-state index in [4.69, 9.17) is 0 Å². The Kier molecular flexibility index (Phi) is 4.32. The van der Waals surface area contributed by atoms with E-state index < -0.39 is 0 Å². The van der Waals surface area contributed by atoms with E-state index in [9.17, 15) is 4.79 Å². The molecule has 104 valence electrons. The third-order valence-electron chi connectivity index (χ3n) is 3.88. The molecule has 2 aliphatic rings. The highest BCUT2D eigenvalue weighted by Gasteiger charge is 2.39. The minimum atomic E-state index is 0. The second-order valence-corrected chi connectivity index (χ2v) is 4.93. The zero-order valence-corrected chi connectivity index (χ0v) is 11.9. The smallest absolute Gasteiger partial charge is 0.317 e. The summed E-state index contributed by atoms with van der Waals surface area (Å²) in [5.41, 5.74) is 2.33. The Balaban J connectivity index is 0.00000133. The predicted molar refractivity (Wildman–Crippen MR) is 79.2 cm³/mol. The number of hydrogen-bond donors (Lipinski definition) is 1. The molecular formula is C14H20ClN3O. The van der Waals surface area contributed by atoms with Crippen molar-refractivity contribution in [1.29, 1.82) is 0 Å². The molecule has 0 aliphatic carbocycles. The maximum atomic E-state index is 12.4. The van der Waals surface area contributed by atoms with Gasteiger partial charge >= 0.3 is 6.03 Å². The molecule has 1 unspecified atom stereocenters. The molecule has 19 heavy (non-hydrogen) atoms. The first-order valence-corrected chi connectivity index (χ1v) is 6.68. The number of anilines is 1. The van der Waals surface area contributed by atoms with Gasteiger partial charge in [0.25, 0.3) is 0 Å². The van der Waals surface area contributed by atoms with Crippen molar-refractivity contribution in [3.8, 4) is 0 Å². The number of nitrogens with zero attached hydrogens (tertiary/aromatic N) is 2. The highest BCUT2D eigenvalue weighted by atomic mass is 35.5. The van der Waals surface area contributed by atoms with Crippen molar-refractivity contribution in [2.24, 2.45) is 0 Å². The van der Waals surface area contributed by atoms with Gasteiger partial charge in [-0.2, -0.15) is 0 Å². The number of urea groups is 1. The van der Waals surface area contributed by atoms with Gasteiger partial charge in [0.05, 0.1) is 6.04 Å². The van der Waals surface area contributed by atoms with E-state index in [0.29, 0.717) is 6.04 Å². The van der Waals surface area contributed by atoms with Crippen LogP contribution in [0.3, 0.4) is 0 Å². The minimum absolute atomic E-state index is 0. The Morgan fingerprint density at radius 1 is 1.37 bits per heavy atom. The number of benzene rings is 1. The molecule has 0 saturated carbocycles. The van der Waals surface area contributed by atoms with Gasteiger partial charge in [-0.25, -0.2) is 4.79 Å².